The van der Waals surface area contributed by atoms with E-state index in [2.05, 4.69) is 41.5 Å². The predicted molar refractivity (Wildman–Crippen MR) is 69.5 cm³/mol. The molecule has 0 aromatic heterocycles. The Labute approximate surface area is 98.0 Å². The second kappa shape index (κ2) is 5.71. The van der Waals surface area contributed by atoms with Crippen molar-refractivity contribution in [2.75, 3.05) is 18.4 Å². The lowest BCUT2D eigenvalue weighted by atomic mass is 10.2. The Morgan fingerprint density at radius 2 is 2.19 bits per heavy atom. The van der Waals surface area contributed by atoms with Crippen LogP contribution in [0.5, 0.6) is 0 Å². The monoisotopic (exact) mass is 216 g/mol. The van der Waals surface area contributed by atoms with Gasteiger partial charge < -0.3 is 5.32 Å². The zero-order valence-electron chi connectivity index (χ0n) is 9.89. The van der Waals surface area contributed by atoms with E-state index in [1.807, 2.05) is 18.2 Å². The van der Waals surface area contributed by atoms with Gasteiger partial charge in [-0.15, -0.1) is 0 Å². The number of rotatable bonds is 4. The van der Waals surface area contributed by atoms with Gasteiger partial charge in [0.15, 0.2) is 0 Å². The van der Waals surface area contributed by atoms with Crippen molar-refractivity contribution in [3.63, 3.8) is 0 Å². The van der Waals surface area contributed by atoms with Crippen LogP contribution in [0.25, 0.3) is 0 Å². The Bertz CT molecular complexity index is 332. The molecule has 1 fully saturated rings. The fourth-order valence-electron chi connectivity index (χ4n) is 2.25. The van der Waals surface area contributed by atoms with Gasteiger partial charge in [0.2, 0.25) is 0 Å². The number of likely N-dealkylation sites (N-methyl/N-ethyl adjacent to an activating group) is 1. The van der Waals surface area contributed by atoms with E-state index in [1.54, 1.807) is 0 Å². The maximum Gasteiger partial charge on any atom is 0.0379 e. The quantitative estimate of drug-likeness (QED) is 0.832. The molecule has 0 radical (unpaired) electrons. The van der Waals surface area contributed by atoms with Gasteiger partial charge in [0.25, 0.3) is 0 Å². The van der Waals surface area contributed by atoms with Gasteiger partial charge in [0.1, 0.15) is 0 Å². The van der Waals surface area contributed by atoms with Gasteiger partial charge >= 0.3 is 0 Å². The highest BCUT2D eigenvalue weighted by Gasteiger charge is 2.19. The summed E-state index contributed by atoms with van der Waals surface area (Å²) in [5.74, 6) is 0. The van der Waals surface area contributed by atoms with Crippen LogP contribution in [0.15, 0.2) is 42.6 Å². The van der Waals surface area contributed by atoms with Crippen LogP contribution in [0, 0.1) is 0 Å². The first-order valence-corrected chi connectivity index (χ1v) is 6.12. The van der Waals surface area contributed by atoms with Crippen molar-refractivity contribution in [1.82, 2.24) is 4.90 Å². The van der Waals surface area contributed by atoms with Crippen LogP contribution in [-0.4, -0.2) is 24.0 Å². The van der Waals surface area contributed by atoms with Crippen LogP contribution in [0.3, 0.4) is 0 Å². The van der Waals surface area contributed by atoms with Crippen molar-refractivity contribution in [2.45, 2.75) is 25.8 Å². The summed E-state index contributed by atoms with van der Waals surface area (Å²) in [6.07, 6.45) is 6.98. The summed E-state index contributed by atoms with van der Waals surface area (Å²) in [5.41, 5.74) is 1.15. The van der Waals surface area contributed by atoms with Gasteiger partial charge in [0.05, 0.1) is 0 Å². The molecule has 1 unspecified atom stereocenters. The molecule has 1 aromatic carbocycles. The standard InChI is InChI=1S/C14H20N2/c1-2-16-12-6-9-14(16)10-11-15-13-7-4-3-5-8-13/h3-5,7-8,10-11,14-15H,2,6,9,12H2,1H3/b11-10+. The minimum absolute atomic E-state index is 0.626. The molecule has 1 heterocycles. The van der Waals surface area contributed by atoms with Gasteiger partial charge in [-0.3, -0.25) is 4.90 Å². The summed E-state index contributed by atoms with van der Waals surface area (Å²) < 4.78 is 0. The summed E-state index contributed by atoms with van der Waals surface area (Å²) >= 11 is 0. The normalized spacial score (nSPS) is 21.7. The molecule has 1 N–H and O–H groups in total. The second-order valence-corrected chi connectivity index (χ2v) is 4.21. The van der Waals surface area contributed by atoms with Gasteiger partial charge in [-0.2, -0.15) is 0 Å². The lowest BCUT2D eigenvalue weighted by molar-refractivity contribution is 0.306. The highest BCUT2D eigenvalue weighted by atomic mass is 15.2. The topological polar surface area (TPSA) is 15.3 Å². The maximum absolute atomic E-state index is 3.31. The van der Waals surface area contributed by atoms with E-state index >= 15 is 0 Å². The summed E-state index contributed by atoms with van der Waals surface area (Å²) in [7, 11) is 0. The molecule has 2 heteroatoms. The molecule has 1 aliphatic rings. The first kappa shape index (κ1) is 11.2. The van der Waals surface area contributed by atoms with Crippen LogP contribution in [0.4, 0.5) is 5.69 Å². The average molecular weight is 216 g/mol. The van der Waals surface area contributed by atoms with Crippen molar-refractivity contribution >= 4 is 5.69 Å². The third kappa shape index (κ3) is 2.86. The smallest absolute Gasteiger partial charge is 0.0379 e. The molecule has 16 heavy (non-hydrogen) atoms. The number of likely N-dealkylation sites (tertiary alicyclic amines) is 1. The molecule has 1 saturated heterocycles. The Morgan fingerprint density at radius 3 is 2.94 bits per heavy atom. The minimum Gasteiger partial charge on any atom is -0.362 e. The molecule has 0 spiro atoms. The van der Waals surface area contributed by atoms with Crippen LogP contribution >= 0.6 is 0 Å². The molecule has 86 valence electrons. The Balaban J connectivity index is 1.85. The number of hydrogen-bond acceptors (Lipinski definition) is 2. The van der Waals surface area contributed by atoms with E-state index in [9.17, 15) is 0 Å². The van der Waals surface area contributed by atoms with Crippen LogP contribution in [0.2, 0.25) is 0 Å². The molecule has 1 aromatic rings. The molecule has 0 amide bonds. The van der Waals surface area contributed by atoms with Crippen molar-refractivity contribution in [3.8, 4) is 0 Å². The number of hydrogen-bond donors (Lipinski definition) is 1. The highest BCUT2D eigenvalue weighted by molar-refractivity contribution is 5.44. The zero-order chi connectivity index (χ0) is 11.2. The summed E-state index contributed by atoms with van der Waals surface area (Å²) in [6, 6.07) is 10.9. The Kier molecular flexibility index (Phi) is 4.00. The number of para-hydroxylation sites is 1. The van der Waals surface area contributed by atoms with E-state index in [-0.39, 0.29) is 0 Å². The molecule has 2 nitrogen and oxygen atoms in total. The van der Waals surface area contributed by atoms with Crippen molar-refractivity contribution in [3.05, 3.63) is 42.6 Å². The van der Waals surface area contributed by atoms with Crippen molar-refractivity contribution < 1.29 is 0 Å². The molecular formula is C14H20N2. The maximum atomic E-state index is 3.31. The molecule has 0 saturated carbocycles. The Morgan fingerprint density at radius 1 is 1.38 bits per heavy atom. The van der Waals surface area contributed by atoms with E-state index in [0.717, 1.165) is 12.2 Å². The molecule has 1 aliphatic heterocycles. The van der Waals surface area contributed by atoms with E-state index in [4.69, 9.17) is 0 Å². The average Bonchev–Trinajstić information content (AvgIpc) is 2.78. The zero-order valence-corrected chi connectivity index (χ0v) is 9.89. The minimum atomic E-state index is 0.626. The largest absolute Gasteiger partial charge is 0.362 e. The number of anilines is 1. The van der Waals surface area contributed by atoms with Crippen LogP contribution in [-0.2, 0) is 0 Å². The Hall–Kier alpha value is -1.28. The van der Waals surface area contributed by atoms with E-state index in [0.29, 0.717) is 6.04 Å². The van der Waals surface area contributed by atoms with Crippen LogP contribution < -0.4 is 5.32 Å². The van der Waals surface area contributed by atoms with Gasteiger partial charge in [-0.05, 0) is 44.3 Å². The van der Waals surface area contributed by atoms with Gasteiger partial charge in [-0.25, -0.2) is 0 Å². The molecule has 0 bridgehead atoms. The lowest BCUT2D eigenvalue weighted by Crippen LogP contribution is -2.27. The fourth-order valence-corrected chi connectivity index (χ4v) is 2.25. The third-order valence-corrected chi connectivity index (χ3v) is 3.16. The molecule has 0 aliphatic carbocycles. The second-order valence-electron chi connectivity index (χ2n) is 4.21. The first-order chi connectivity index (χ1) is 7.90. The van der Waals surface area contributed by atoms with Crippen molar-refractivity contribution in [1.29, 1.82) is 0 Å². The summed E-state index contributed by atoms with van der Waals surface area (Å²) in [4.78, 5) is 2.52. The highest BCUT2D eigenvalue weighted by Crippen LogP contribution is 2.17. The predicted octanol–water partition coefficient (Wildman–Crippen LogP) is 3.10. The summed E-state index contributed by atoms with van der Waals surface area (Å²) in [6.45, 7) is 4.63. The summed E-state index contributed by atoms with van der Waals surface area (Å²) in [5, 5.41) is 3.31. The van der Waals surface area contributed by atoms with Crippen LogP contribution in [0.1, 0.15) is 19.8 Å². The third-order valence-electron chi connectivity index (χ3n) is 3.16. The van der Waals surface area contributed by atoms with Gasteiger partial charge in [-0.1, -0.05) is 31.2 Å². The van der Waals surface area contributed by atoms with Crippen molar-refractivity contribution in [2.24, 2.45) is 0 Å². The van der Waals surface area contributed by atoms with E-state index < -0.39 is 0 Å². The lowest BCUT2D eigenvalue weighted by Gasteiger charge is -2.19. The van der Waals surface area contributed by atoms with E-state index in [1.165, 1.54) is 19.4 Å². The number of benzene rings is 1. The number of nitrogens with zero attached hydrogens (tertiary/aromatic N) is 1. The molecule has 1 atom stereocenters. The fraction of sp³-hybridized carbons (Fsp3) is 0.429. The first-order valence-electron chi connectivity index (χ1n) is 6.12. The van der Waals surface area contributed by atoms with Gasteiger partial charge in [0, 0.05) is 11.7 Å². The molecular weight excluding hydrogens is 196 g/mol. The number of nitrogens with one attached hydrogen (secondary N) is 1. The SMILES string of the molecule is CCN1CCCC1/C=C/Nc1ccccc1. The molecule has 2 rings (SSSR count).